The van der Waals surface area contributed by atoms with Gasteiger partial charge in [-0.1, -0.05) is 30.3 Å². The van der Waals surface area contributed by atoms with E-state index < -0.39 is 0 Å². The van der Waals surface area contributed by atoms with Gasteiger partial charge in [0.2, 0.25) is 0 Å². The van der Waals surface area contributed by atoms with Crippen LogP contribution >= 0.6 is 12.4 Å². The Labute approximate surface area is 131 Å². The summed E-state index contributed by atoms with van der Waals surface area (Å²) in [4.78, 5) is 14.7. The molecule has 0 bridgehead atoms. The first kappa shape index (κ1) is 15.8. The lowest BCUT2D eigenvalue weighted by Crippen LogP contribution is -2.57. The van der Waals surface area contributed by atoms with E-state index in [0.717, 1.165) is 24.0 Å². The molecule has 0 spiro atoms. The van der Waals surface area contributed by atoms with Gasteiger partial charge < -0.3 is 10.2 Å². The molecule has 1 N–H and O–H groups in total. The fourth-order valence-electron chi connectivity index (χ4n) is 2.83. The van der Waals surface area contributed by atoms with Gasteiger partial charge in [-0.3, -0.25) is 4.79 Å². The van der Waals surface area contributed by atoms with Gasteiger partial charge in [-0.15, -0.1) is 12.4 Å². The Kier molecular flexibility index (Phi) is 4.86. The lowest BCUT2D eigenvalue weighted by molar-refractivity contribution is 0.0603. The molecule has 0 aromatic heterocycles. The summed E-state index contributed by atoms with van der Waals surface area (Å²) in [7, 11) is 0. The Morgan fingerprint density at radius 3 is 2.62 bits per heavy atom. The van der Waals surface area contributed by atoms with Gasteiger partial charge >= 0.3 is 0 Å². The number of carbonyl (C=O) groups excluding carboxylic acids is 1. The van der Waals surface area contributed by atoms with Gasteiger partial charge in [0.25, 0.3) is 5.91 Å². The van der Waals surface area contributed by atoms with Crippen LogP contribution in [0.3, 0.4) is 0 Å². The summed E-state index contributed by atoms with van der Waals surface area (Å²) in [5, 5.41) is 5.70. The first-order valence-corrected chi connectivity index (χ1v) is 7.20. The predicted molar refractivity (Wildman–Crippen MR) is 89.2 cm³/mol. The summed E-state index contributed by atoms with van der Waals surface area (Å²) >= 11 is 0. The van der Waals surface area contributed by atoms with E-state index in [1.54, 1.807) is 0 Å². The summed E-state index contributed by atoms with van der Waals surface area (Å²) in [6, 6.07) is 14.7. The number of piperazine rings is 1. The molecule has 2 aromatic rings. The van der Waals surface area contributed by atoms with Gasteiger partial charge in [-0.05, 0) is 36.8 Å². The van der Waals surface area contributed by atoms with E-state index in [1.807, 2.05) is 35.2 Å². The van der Waals surface area contributed by atoms with Crippen molar-refractivity contribution in [2.45, 2.75) is 25.9 Å². The number of hydrogen-bond acceptors (Lipinski definition) is 2. The monoisotopic (exact) mass is 304 g/mol. The molecule has 1 heterocycles. The van der Waals surface area contributed by atoms with Crippen LogP contribution in [-0.4, -0.2) is 36.0 Å². The van der Waals surface area contributed by atoms with Crippen LogP contribution in [0.1, 0.15) is 24.2 Å². The summed E-state index contributed by atoms with van der Waals surface area (Å²) in [6.45, 7) is 5.88. The van der Waals surface area contributed by atoms with Crippen LogP contribution in [0.5, 0.6) is 0 Å². The minimum absolute atomic E-state index is 0. The van der Waals surface area contributed by atoms with E-state index in [2.05, 4.69) is 31.3 Å². The topological polar surface area (TPSA) is 32.3 Å². The van der Waals surface area contributed by atoms with E-state index >= 15 is 0 Å². The molecule has 0 radical (unpaired) electrons. The third-order valence-electron chi connectivity index (χ3n) is 4.29. The average molecular weight is 305 g/mol. The van der Waals surface area contributed by atoms with Crippen molar-refractivity contribution in [3.8, 4) is 0 Å². The second kappa shape index (κ2) is 6.46. The van der Waals surface area contributed by atoms with E-state index in [4.69, 9.17) is 0 Å². The quantitative estimate of drug-likeness (QED) is 0.878. The Morgan fingerprint density at radius 2 is 1.86 bits per heavy atom. The van der Waals surface area contributed by atoms with Gasteiger partial charge in [0, 0.05) is 30.7 Å². The summed E-state index contributed by atoms with van der Waals surface area (Å²) in [5.41, 5.74) is 0.782. The number of fused-ring (bicyclic) bond motifs is 1. The van der Waals surface area contributed by atoms with Gasteiger partial charge in [0.15, 0.2) is 0 Å². The fraction of sp³-hybridized carbons (Fsp3) is 0.353. The predicted octanol–water partition coefficient (Wildman–Crippen LogP) is 3.08. The maximum Gasteiger partial charge on any atom is 0.254 e. The zero-order valence-electron chi connectivity index (χ0n) is 12.4. The standard InChI is InChI=1S/C17H20N2O.ClH/c1-12-13(2)19(10-9-18-12)17(20)16-8-7-14-5-3-4-6-15(14)11-16;/h3-8,11-13,18H,9-10H2,1-2H3;1H. The number of rotatable bonds is 1. The number of halogens is 1. The lowest BCUT2D eigenvalue weighted by atomic mass is 10.0. The molecule has 2 atom stereocenters. The summed E-state index contributed by atoms with van der Waals surface area (Å²) < 4.78 is 0. The second-order valence-corrected chi connectivity index (χ2v) is 5.54. The number of amides is 1. The van der Waals surface area contributed by atoms with Crippen molar-refractivity contribution in [1.82, 2.24) is 10.2 Å². The molecular formula is C17H21ClN2O. The molecule has 1 fully saturated rings. The second-order valence-electron chi connectivity index (χ2n) is 5.54. The van der Waals surface area contributed by atoms with Gasteiger partial charge in [0.05, 0.1) is 0 Å². The normalized spacial score (nSPS) is 21.9. The molecule has 1 saturated heterocycles. The van der Waals surface area contributed by atoms with E-state index in [0.29, 0.717) is 6.04 Å². The molecule has 3 nitrogen and oxygen atoms in total. The lowest BCUT2D eigenvalue weighted by Gasteiger charge is -2.38. The first-order chi connectivity index (χ1) is 9.66. The summed E-state index contributed by atoms with van der Waals surface area (Å²) in [5.74, 6) is 0.136. The highest BCUT2D eigenvalue weighted by Crippen LogP contribution is 2.19. The Hall–Kier alpha value is -1.58. The van der Waals surface area contributed by atoms with Crippen LogP contribution in [0.25, 0.3) is 10.8 Å². The average Bonchev–Trinajstić information content (AvgIpc) is 2.49. The van der Waals surface area contributed by atoms with Crippen LogP contribution in [0.4, 0.5) is 0 Å². The van der Waals surface area contributed by atoms with Crippen molar-refractivity contribution in [3.05, 3.63) is 48.0 Å². The van der Waals surface area contributed by atoms with Crippen LogP contribution in [0.15, 0.2) is 42.5 Å². The Balaban J connectivity index is 0.00000161. The van der Waals surface area contributed by atoms with Crippen molar-refractivity contribution in [1.29, 1.82) is 0 Å². The minimum Gasteiger partial charge on any atom is -0.333 e. The smallest absolute Gasteiger partial charge is 0.254 e. The number of benzene rings is 2. The Bertz CT molecular complexity index is 643. The van der Waals surface area contributed by atoms with Crippen LogP contribution in [0.2, 0.25) is 0 Å². The van der Waals surface area contributed by atoms with Gasteiger partial charge in [-0.2, -0.15) is 0 Å². The number of nitrogens with one attached hydrogen (secondary N) is 1. The van der Waals surface area contributed by atoms with Gasteiger partial charge in [-0.25, -0.2) is 0 Å². The zero-order chi connectivity index (χ0) is 14.1. The maximum atomic E-state index is 12.7. The van der Waals surface area contributed by atoms with E-state index in [9.17, 15) is 4.79 Å². The van der Waals surface area contributed by atoms with Crippen LogP contribution in [-0.2, 0) is 0 Å². The largest absolute Gasteiger partial charge is 0.333 e. The number of nitrogens with zero attached hydrogens (tertiary/aromatic N) is 1. The number of hydrogen-bond donors (Lipinski definition) is 1. The van der Waals surface area contributed by atoms with Crippen LogP contribution < -0.4 is 5.32 Å². The molecule has 0 aliphatic carbocycles. The summed E-state index contributed by atoms with van der Waals surface area (Å²) in [6.07, 6.45) is 0. The third-order valence-corrected chi connectivity index (χ3v) is 4.29. The third kappa shape index (κ3) is 3.04. The van der Waals surface area contributed by atoms with E-state index in [-0.39, 0.29) is 24.4 Å². The van der Waals surface area contributed by atoms with Crippen molar-refractivity contribution in [2.75, 3.05) is 13.1 Å². The molecule has 4 heteroatoms. The minimum atomic E-state index is 0. The highest BCUT2D eigenvalue weighted by atomic mass is 35.5. The SMILES string of the molecule is CC1NCCN(C(=O)c2ccc3ccccc3c2)C1C.Cl. The van der Waals surface area contributed by atoms with Crippen molar-refractivity contribution < 1.29 is 4.79 Å². The molecular weight excluding hydrogens is 284 g/mol. The molecule has 2 aromatic carbocycles. The first-order valence-electron chi connectivity index (χ1n) is 7.20. The van der Waals surface area contributed by atoms with Gasteiger partial charge in [0.1, 0.15) is 0 Å². The molecule has 1 amide bonds. The van der Waals surface area contributed by atoms with Crippen LogP contribution in [0, 0.1) is 0 Å². The highest BCUT2D eigenvalue weighted by Gasteiger charge is 2.28. The molecule has 0 saturated carbocycles. The molecule has 2 unspecified atom stereocenters. The highest BCUT2D eigenvalue weighted by molar-refractivity contribution is 5.98. The molecule has 1 aliphatic rings. The molecule has 1 aliphatic heterocycles. The molecule has 21 heavy (non-hydrogen) atoms. The Morgan fingerprint density at radius 1 is 1.14 bits per heavy atom. The van der Waals surface area contributed by atoms with Crippen molar-refractivity contribution in [3.63, 3.8) is 0 Å². The number of carbonyl (C=O) groups is 1. The van der Waals surface area contributed by atoms with E-state index in [1.165, 1.54) is 5.39 Å². The molecule has 3 rings (SSSR count). The van der Waals surface area contributed by atoms with Crippen molar-refractivity contribution >= 4 is 29.1 Å². The molecule has 112 valence electrons. The fourth-order valence-corrected chi connectivity index (χ4v) is 2.83. The zero-order valence-corrected chi connectivity index (χ0v) is 13.2. The van der Waals surface area contributed by atoms with Crippen molar-refractivity contribution in [2.24, 2.45) is 0 Å². The maximum absolute atomic E-state index is 12.7.